The maximum Gasteiger partial charge on any atom is 0.305 e. The molecule has 5 nitrogen and oxygen atoms in total. The van der Waals surface area contributed by atoms with Crippen LogP contribution in [0.5, 0.6) is 0 Å². The third kappa shape index (κ3) is 5.78. The summed E-state index contributed by atoms with van der Waals surface area (Å²) in [5, 5.41) is -0.539. The average Bonchev–Trinajstić information content (AvgIpc) is 2.38. The molecule has 0 aromatic rings. The van der Waals surface area contributed by atoms with E-state index in [1.165, 1.54) is 14.2 Å². The molecule has 0 rings (SSSR count). The molecule has 0 aromatic heterocycles. The quantitative estimate of drug-likeness (QED) is 0.496. The molecule has 0 fully saturated rings. The van der Waals surface area contributed by atoms with Gasteiger partial charge in [0.25, 0.3) is 0 Å². The minimum atomic E-state index is -0.539. The lowest BCUT2D eigenvalue weighted by molar-refractivity contribution is -0.141. The van der Waals surface area contributed by atoms with Crippen molar-refractivity contribution in [1.29, 1.82) is 0 Å². The molecule has 0 aliphatic rings. The van der Waals surface area contributed by atoms with Crippen LogP contribution in [0.25, 0.3) is 0 Å². The maximum absolute atomic E-state index is 11.3. The Labute approximate surface area is 103 Å². The highest BCUT2D eigenvalue weighted by molar-refractivity contribution is 7.26. The van der Waals surface area contributed by atoms with Crippen LogP contribution in [0.3, 0.4) is 0 Å². The highest BCUT2D eigenvalue weighted by atomic mass is 31.1. The van der Waals surface area contributed by atoms with Gasteiger partial charge in [-0.15, -0.1) is 0 Å². The van der Waals surface area contributed by atoms with Crippen LogP contribution >= 0.6 is 8.46 Å². The van der Waals surface area contributed by atoms with Crippen molar-refractivity contribution in [1.82, 2.24) is 0 Å². The third-order valence-electron chi connectivity index (χ3n) is 2.90. The first kappa shape index (κ1) is 16.0. The molecule has 0 aliphatic carbocycles. The monoisotopic (exact) mass is 262 g/mol. The van der Waals surface area contributed by atoms with E-state index in [0.29, 0.717) is 19.3 Å². The van der Waals surface area contributed by atoms with Gasteiger partial charge in [-0.05, 0) is 19.3 Å². The summed E-state index contributed by atoms with van der Waals surface area (Å²) in [6.07, 6.45) is 1.93. The van der Waals surface area contributed by atoms with Crippen LogP contribution in [0.4, 0.5) is 0 Å². The summed E-state index contributed by atoms with van der Waals surface area (Å²) in [6, 6.07) is 0. The van der Waals surface area contributed by atoms with E-state index in [1.807, 2.05) is 6.92 Å². The normalized spacial score (nSPS) is 11.2. The molecular weight excluding hydrogens is 243 g/mol. The van der Waals surface area contributed by atoms with Crippen molar-refractivity contribution in [2.24, 2.45) is 0 Å². The maximum atomic E-state index is 11.3. The van der Waals surface area contributed by atoms with Crippen molar-refractivity contribution in [3.05, 3.63) is 0 Å². The van der Waals surface area contributed by atoms with E-state index in [2.05, 4.69) is 9.47 Å². The Bertz CT molecular complexity index is 257. The SMILES string of the molecule is CCC(CCC(=O)OC)(CCC(=O)OC)P=O. The molecule has 0 aromatic carbocycles. The second-order valence-corrected chi connectivity index (χ2v) is 4.95. The lowest BCUT2D eigenvalue weighted by atomic mass is 9.93. The largest absolute Gasteiger partial charge is 0.469 e. The Morgan fingerprint density at radius 3 is 1.71 bits per heavy atom. The van der Waals surface area contributed by atoms with Crippen LogP contribution in [-0.2, 0) is 23.6 Å². The fraction of sp³-hybridized carbons (Fsp3) is 0.818. The van der Waals surface area contributed by atoms with Gasteiger partial charge in [0.15, 0.2) is 8.46 Å². The van der Waals surface area contributed by atoms with Gasteiger partial charge in [-0.2, -0.15) is 0 Å². The van der Waals surface area contributed by atoms with Crippen LogP contribution in [-0.4, -0.2) is 31.3 Å². The van der Waals surface area contributed by atoms with Gasteiger partial charge < -0.3 is 9.47 Å². The van der Waals surface area contributed by atoms with E-state index in [0.717, 1.165) is 0 Å². The van der Waals surface area contributed by atoms with E-state index in [4.69, 9.17) is 0 Å². The van der Waals surface area contributed by atoms with E-state index in [9.17, 15) is 14.2 Å². The molecular formula is C11H19O5P. The minimum Gasteiger partial charge on any atom is -0.469 e. The Morgan fingerprint density at radius 2 is 1.47 bits per heavy atom. The molecule has 0 atom stereocenters. The molecule has 0 heterocycles. The van der Waals surface area contributed by atoms with Gasteiger partial charge in [-0.25, -0.2) is 0 Å². The minimum absolute atomic E-state index is 0.0439. The van der Waals surface area contributed by atoms with Gasteiger partial charge in [0.2, 0.25) is 0 Å². The molecule has 0 radical (unpaired) electrons. The van der Waals surface area contributed by atoms with Crippen molar-refractivity contribution in [2.45, 2.75) is 44.2 Å². The highest BCUT2D eigenvalue weighted by Gasteiger charge is 2.30. The lowest BCUT2D eigenvalue weighted by Crippen LogP contribution is -2.23. The number of carbonyl (C=O) groups is 2. The van der Waals surface area contributed by atoms with E-state index < -0.39 is 5.16 Å². The Morgan fingerprint density at radius 1 is 1.06 bits per heavy atom. The van der Waals surface area contributed by atoms with Crippen LogP contribution in [0.1, 0.15) is 39.0 Å². The zero-order chi connectivity index (χ0) is 13.3. The molecule has 0 N–H and O–H groups in total. The molecule has 0 unspecified atom stereocenters. The van der Waals surface area contributed by atoms with Gasteiger partial charge in [0, 0.05) is 12.8 Å². The van der Waals surface area contributed by atoms with Crippen molar-refractivity contribution < 1.29 is 23.6 Å². The summed E-state index contributed by atoms with van der Waals surface area (Å²) >= 11 is 0. The second-order valence-electron chi connectivity index (χ2n) is 3.82. The molecule has 98 valence electrons. The van der Waals surface area contributed by atoms with E-state index in [1.54, 1.807) is 0 Å². The Hall–Kier alpha value is -0.960. The van der Waals surface area contributed by atoms with Gasteiger partial charge in [-0.3, -0.25) is 14.2 Å². The first-order chi connectivity index (χ1) is 8.03. The topological polar surface area (TPSA) is 69.7 Å². The number of hydrogen-bond donors (Lipinski definition) is 0. The number of carbonyl (C=O) groups excluding carboxylic acids is 2. The van der Waals surface area contributed by atoms with Crippen LogP contribution in [0, 0.1) is 0 Å². The fourth-order valence-electron chi connectivity index (χ4n) is 1.51. The lowest BCUT2D eigenvalue weighted by Gasteiger charge is -2.24. The number of methoxy groups -OCH3 is 2. The van der Waals surface area contributed by atoms with Gasteiger partial charge >= 0.3 is 11.9 Å². The van der Waals surface area contributed by atoms with Gasteiger partial charge in [0.05, 0.1) is 19.4 Å². The van der Waals surface area contributed by atoms with Gasteiger partial charge in [-0.1, -0.05) is 6.92 Å². The van der Waals surface area contributed by atoms with E-state index in [-0.39, 0.29) is 33.2 Å². The summed E-state index contributed by atoms with van der Waals surface area (Å²) in [7, 11) is 2.59. The zero-order valence-electron chi connectivity index (χ0n) is 10.5. The molecule has 6 heteroatoms. The Balaban J connectivity index is 4.39. The first-order valence-corrected chi connectivity index (χ1v) is 6.33. The van der Waals surface area contributed by atoms with Crippen molar-refractivity contribution in [2.75, 3.05) is 14.2 Å². The smallest absolute Gasteiger partial charge is 0.305 e. The van der Waals surface area contributed by atoms with Gasteiger partial charge in [0.1, 0.15) is 0 Å². The third-order valence-corrected chi connectivity index (χ3v) is 4.05. The summed E-state index contributed by atoms with van der Waals surface area (Å²) in [6.45, 7) is 1.89. The molecule has 17 heavy (non-hydrogen) atoms. The molecule has 0 saturated heterocycles. The highest BCUT2D eigenvalue weighted by Crippen LogP contribution is 2.37. The van der Waals surface area contributed by atoms with E-state index >= 15 is 0 Å². The molecule has 0 saturated carbocycles. The predicted octanol–water partition coefficient (Wildman–Crippen LogP) is 2.33. The summed E-state index contributed by atoms with van der Waals surface area (Å²) in [4.78, 5) is 22.1. The summed E-state index contributed by atoms with van der Waals surface area (Å²) in [5.74, 6) is -0.658. The summed E-state index contributed by atoms with van der Waals surface area (Å²) in [5.41, 5.74) is 0. The Kier molecular flexibility index (Phi) is 7.72. The van der Waals surface area contributed by atoms with Crippen molar-refractivity contribution in [3.8, 4) is 0 Å². The van der Waals surface area contributed by atoms with Crippen LogP contribution in [0.15, 0.2) is 0 Å². The summed E-state index contributed by atoms with van der Waals surface area (Å²) < 4.78 is 20.3. The molecule has 0 spiro atoms. The first-order valence-electron chi connectivity index (χ1n) is 5.51. The van der Waals surface area contributed by atoms with Crippen LogP contribution < -0.4 is 0 Å². The predicted molar refractivity (Wildman–Crippen MR) is 63.1 cm³/mol. The molecule has 0 bridgehead atoms. The second kappa shape index (κ2) is 8.18. The fourth-order valence-corrected chi connectivity index (χ4v) is 2.04. The molecule has 0 amide bonds. The number of hydrogen-bond acceptors (Lipinski definition) is 5. The van der Waals surface area contributed by atoms with Crippen molar-refractivity contribution in [3.63, 3.8) is 0 Å². The number of ether oxygens (including phenoxy) is 2. The zero-order valence-corrected chi connectivity index (χ0v) is 11.4. The van der Waals surface area contributed by atoms with Crippen LogP contribution in [0.2, 0.25) is 0 Å². The van der Waals surface area contributed by atoms with Crippen molar-refractivity contribution >= 4 is 20.4 Å². The number of rotatable bonds is 8. The molecule has 0 aliphatic heterocycles. The standard InChI is InChI=1S/C11H19O5P/c1-4-11(17-14,7-5-9(12)15-2)8-6-10(13)16-3/h4-8H2,1-3H3. The average molecular weight is 262 g/mol. The number of esters is 2.